The van der Waals surface area contributed by atoms with Gasteiger partial charge in [0.05, 0.1) is 0 Å². The minimum Gasteiger partial charge on any atom is -0.508 e. The summed E-state index contributed by atoms with van der Waals surface area (Å²) in [7, 11) is 0. The van der Waals surface area contributed by atoms with Gasteiger partial charge in [-0.25, -0.2) is 0 Å². The number of phenolic OH excluding ortho intramolecular Hbond substituents is 2. The summed E-state index contributed by atoms with van der Waals surface area (Å²) in [5, 5.41) is 18.6. The van der Waals surface area contributed by atoms with E-state index in [9.17, 15) is 10.2 Å². The summed E-state index contributed by atoms with van der Waals surface area (Å²) in [6.45, 7) is 8.41. The van der Waals surface area contributed by atoms with Crippen molar-refractivity contribution in [2.45, 2.75) is 9.79 Å². The van der Waals surface area contributed by atoms with E-state index >= 15 is 0 Å². The minimum absolute atomic E-state index is 0.302. The van der Waals surface area contributed by atoms with Gasteiger partial charge in [0.1, 0.15) is 11.5 Å². The van der Waals surface area contributed by atoms with Crippen LogP contribution >= 0.6 is 23.9 Å². The topological polar surface area (TPSA) is 71.0 Å². The van der Waals surface area contributed by atoms with E-state index in [2.05, 4.69) is 19.2 Å². The third-order valence-electron chi connectivity index (χ3n) is 4.58. The van der Waals surface area contributed by atoms with E-state index in [1.165, 1.54) is 0 Å². The summed E-state index contributed by atoms with van der Waals surface area (Å²) in [6, 6.07) is 14.5. The van der Waals surface area contributed by atoms with Crippen LogP contribution in [0.5, 0.6) is 11.5 Å². The number of phenols is 2. The Kier molecular flexibility index (Phi) is 8.78. The van der Waals surface area contributed by atoms with Crippen LogP contribution in [0, 0.1) is 0 Å². The van der Waals surface area contributed by atoms with E-state index in [0.717, 1.165) is 62.1 Å². The van der Waals surface area contributed by atoms with E-state index in [-0.39, 0.29) is 0 Å². The van der Waals surface area contributed by atoms with E-state index < -0.39 is 0 Å². The Balaban J connectivity index is 1.21. The molecule has 152 valence electrons. The van der Waals surface area contributed by atoms with Crippen molar-refractivity contribution in [3.63, 3.8) is 0 Å². The fourth-order valence-corrected chi connectivity index (χ4v) is 4.21. The minimum atomic E-state index is 0.302. The maximum Gasteiger partial charge on any atom is 0.115 e. The van der Waals surface area contributed by atoms with Gasteiger partial charge in [-0.15, -0.1) is 0 Å². The summed E-state index contributed by atoms with van der Waals surface area (Å²) in [5.74, 6) is 0.604. The van der Waals surface area contributed by atoms with Crippen LogP contribution in [-0.2, 0) is 0 Å². The molecule has 8 heteroatoms. The molecule has 0 saturated carbocycles. The van der Waals surface area contributed by atoms with Crippen LogP contribution in [0.2, 0.25) is 0 Å². The smallest absolute Gasteiger partial charge is 0.115 e. The maximum absolute atomic E-state index is 9.30. The van der Waals surface area contributed by atoms with Gasteiger partial charge in [-0.2, -0.15) is 0 Å². The molecule has 2 aromatic carbocycles. The molecule has 0 bridgehead atoms. The number of nitrogens with zero attached hydrogens (tertiary/aromatic N) is 2. The van der Waals surface area contributed by atoms with E-state index in [1.807, 2.05) is 24.3 Å². The number of hydrogen-bond donors (Lipinski definition) is 4. The van der Waals surface area contributed by atoms with Crippen LogP contribution in [-0.4, -0.2) is 72.4 Å². The molecule has 1 heterocycles. The average molecular weight is 421 g/mol. The lowest BCUT2D eigenvalue weighted by molar-refractivity contribution is 0.136. The molecule has 3 rings (SSSR count). The van der Waals surface area contributed by atoms with Crippen LogP contribution in [0.25, 0.3) is 0 Å². The zero-order valence-corrected chi connectivity index (χ0v) is 17.5. The summed E-state index contributed by atoms with van der Waals surface area (Å²) in [6.07, 6.45) is 0. The number of rotatable bonds is 10. The highest BCUT2D eigenvalue weighted by atomic mass is 32.2. The first-order valence-electron chi connectivity index (χ1n) is 9.51. The first-order valence-corrected chi connectivity index (χ1v) is 11.1. The molecule has 0 spiro atoms. The van der Waals surface area contributed by atoms with Crippen molar-refractivity contribution in [2.75, 3.05) is 52.4 Å². The lowest BCUT2D eigenvalue weighted by atomic mass is 10.3. The first-order chi connectivity index (χ1) is 13.7. The van der Waals surface area contributed by atoms with Crippen LogP contribution < -0.4 is 9.44 Å². The third kappa shape index (κ3) is 7.54. The molecule has 1 fully saturated rings. The molecule has 0 aliphatic carbocycles. The van der Waals surface area contributed by atoms with E-state index in [4.69, 9.17) is 0 Å². The number of benzene rings is 2. The van der Waals surface area contributed by atoms with Crippen molar-refractivity contribution in [1.29, 1.82) is 0 Å². The molecule has 0 aromatic heterocycles. The molecule has 0 radical (unpaired) electrons. The van der Waals surface area contributed by atoms with Crippen LogP contribution in [0.3, 0.4) is 0 Å². The second-order valence-electron chi connectivity index (χ2n) is 6.66. The number of nitrogens with one attached hydrogen (secondary N) is 2. The van der Waals surface area contributed by atoms with Crippen LogP contribution in [0.1, 0.15) is 0 Å². The van der Waals surface area contributed by atoms with Gasteiger partial charge in [0.15, 0.2) is 0 Å². The monoisotopic (exact) mass is 420 g/mol. The largest absolute Gasteiger partial charge is 0.508 e. The van der Waals surface area contributed by atoms with E-state index in [0.29, 0.717) is 11.5 Å². The highest BCUT2D eigenvalue weighted by Gasteiger charge is 2.15. The van der Waals surface area contributed by atoms with Crippen molar-refractivity contribution in [3.8, 4) is 11.5 Å². The Morgan fingerprint density at radius 1 is 0.643 bits per heavy atom. The van der Waals surface area contributed by atoms with Gasteiger partial charge in [0.2, 0.25) is 0 Å². The Morgan fingerprint density at radius 2 is 1.00 bits per heavy atom. The van der Waals surface area contributed by atoms with Crippen molar-refractivity contribution in [3.05, 3.63) is 48.5 Å². The predicted molar refractivity (Wildman–Crippen MR) is 117 cm³/mol. The molecule has 0 unspecified atom stereocenters. The second-order valence-corrected chi connectivity index (χ2v) is 8.59. The fraction of sp³-hybridized carbons (Fsp3) is 0.400. The normalized spacial score (nSPS) is 15.7. The van der Waals surface area contributed by atoms with Gasteiger partial charge in [-0.1, -0.05) is 0 Å². The van der Waals surface area contributed by atoms with Gasteiger partial charge in [-0.3, -0.25) is 19.2 Å². The Hall–Kier alpha value is -1.42. The van der Waals surface area contributed by atoms with Crippen molar-refractivity contribution in [1.82, 2.24) is 19.2 Å². The molecule has 1 aliphatic heterocycles. The summed E-state index contributed by atoms with van der Waals surface area (Å²) in [5.41, 5.74) is 0. The first kappa shape index (κ1) is 21.3. The maximum atomic E-state index is 9.30. The van der Waals surface area contributed by atoms with Gasteiger partial charge in [-0.05, 0) is 72.4 Å². The van der Waals surface area contributed by atoms with Gasteiger partial charge in [0.25, 0.3) is 0 Å². The number of aromatic hydroxyl groups is 2. The van der Waals surface area contributed by atoms with Gasteiger partial charge in [0, 0.05) is 62.1 Å². The molecule has 1 aliphatic rings. The highest BCUT2D eigenvalue weighted by Crippen LogP contribution is 2.18. The second kappa shape index (κ2) is 11.5. The molecular formula is C20H28N4O2S2. The Morgan fingerprint density at radius 3 is 1.36 bits per heavy atom. The summed E-state index contributed by atoms with van der Waals surface area (Å²) >= 11 is 3.22. The molecule has 28 heavy (non-hydrogen) atoms. The quantitative estimate of drug-likeness (QED) is 0.345. The van der Waals surface area contributed by atoms with Crippen LogP contribution in [0.4, 0.5) is 0 Å². The predicted octanol–water partition coefficient (Wildman–Crippen LogP) is 2.61. The third-order valence-corrected chi connectivity index (χ3v) is 6.29. The Labute approximate surface area is 175 Å². The van der Waals surface area contributed by atoms with Crippen molar-refractivity contribution in [2.24, 2.45) is 0 Å². The summed E-state index contributed by atoms with van der Waals surface area (Å²) < 4.78 is 6.78. The SMILES string of the molecule is Oc1ccc(SNCCN2CCN(CCNSc3ccc(O)cc3)CC2)cc1. The Bertz CT molecular complexity index is 631. The lowest BCUT2D eigenvalue weighted by Gasteiger charge is -2.34. The molecule has 4 N–H and O–H groups in total. The van der Waals surface area contributed by atoms with Gasteiger partial charge >= 0.3 is 0 Å². The van der Waals surface area contributed by atoms with Crippen molar-refractivity contribution >= 4 is 23.9 Å². The molecular weight excluding hydrogens is 392 g/mol. The highest BCUT2D eigenvalue weighted by molar-refractivity contribution is 7.97. The standard InChI is InChI=1S/C20H28N4O2S2/c25-17-1-5-19(6-2-17)27-21-9-11-23-13-15-24(16-14-23)12-10-22-28-20-7-3-18(26)4-8-20/h1-8,21-22,25-26H,9-16H2. The van der Waals surface area contributed by atoms with E-state index in [1.54, 1.807) is 48.2 Å². The van der Waals surface area contributed by atoms with Crippen LogP contribution in [0.15, 0.2) is 58.3 Å². The molecule has 1 saturated heterocycles. The van der Waals surface area contributed by atoms with Gasteiger partial charge < -0.3 is 10.2 Å². The fourth-order valence-electron chi connectivity index (χ4n) is 2.94. The number of hydrogen-bond acceptors (Lipinski definition) is 8. The zero-order chi connectivity index (χ0) is 19.6. The number of piperazine rings is 1. The molecule has 2 aromatic rings. The lowest BCUT2D eigenvalue weighted by Crippen LogP contribution is -2.48. The van der Waals surface area contributed by atoms with Crippen molar-refractivity contribution < 1.29 is 10.2 Å². The zero-order valence-electron chi connectivity index (χ0n) is 15.9. The average Bonchev–Trinajstić information content (AvgIpc) is 2.72. The molecule has 0 atom stereocenters. The molecule has 6 nitrogen and oxygen atoms in total. The summed E-state index contributed by atoms with van der Waals surface area (Å²) in [4.78, 5) is 7.22. The molecule has 0 amide bonds.